The van der Waals surface area contributed by atoms with Gasteiger partial charge >= 0.3 is 11.9 Å². The third-order valence-corrected chi connectivity index (χ3v) is 3.35. The Morgan fingerprint density at radius 3 is 2.74 bits per heavy atom. The molecule has 8 nitrogen and oxygen atoms in total. The van der Waals surface area contributed by atoms with Crippen LogP contribution in [0.15, 0.2) is 18.2 Å². The number of benzene rings is 1. The summed E-state index contributed by atoms with van der Waals surface area (Å²) in [6.07, 6.45) is -3.01. The van der Waals surface area contributed by atoms with Gasteiger partial charge in [-0.1, -0.05) is 0 Å². The first-order valence-electron chi connectivity index (χ1n) is 7.06. The van der Waals surface area contributed by atoms with Gasteiger partial charge in [-0.15, -0.1) is 0 Å². The maximum atomic E-state index is 11.5. The average Bonchev–Trinajstić information content (AvgIpc) is 2.96. The number of hydrogen-bond donors (Lipinski definition) is 3. The van der Waals surface area contributed by atoms with Crippen LogP contribution in [0.1, 0.15) is 35.5 Å². The number of nitrogens with one attached hydrogen (secondary N) is 1. The quantitative estimate of drug-likeness (QED) is 0.669. The molecule has 3 N–H and O–H groups in total. The molecule has 0 bridgehead atoms. The number of aliphatic hydroxyl groups is 2. The number of hydrogen-bond acceptors (Lipinski definition) is 7. The molecule has 0 fully saturated rings. The zero-order valence-electron chi connectivity index (χ0n) is 12.8. The van der Waals surface area contributed by atoms with Gasteiger partial charge in [0.25, 0.3) is 0 Å². The molecule has 0 amide bonds. The molecule has 2 rings (SSSR count). The lowest BCUT2D eigenvalue weighted by molar-refractivity contribution is -0.147. The van der Waals surface area contributed by atoms with E-state index in [0.717, 1.165) is 0 Å². The van der Waals surface area contributed by atoms with Crippen molar-refractivity contribution in [2.45, 2.75) is 25.6 Å². The Morgan fingerprint density at radius 1 is 1.35 bits per heavy atom. The standard InChI is InChI=1S/C15H18N2O6/c1-3-23-12(19)7-11(18)14(20)13-9-5-4-8(15(21)22-2)6-10(9)16-17-13/h4-6,11,14,18,20H,3,7H2,1-2H3,(H,16,17). The van der Waals surface area contributed by atoms with Gasteiger partial charge in [0.05, 0.1) is 43.0 Å². The Balaban J connectivity index is 2.22. The highest BCUT2D eigenvalue weighted by molar-refractivity contribution is 5.94. The summed E-state index contributed by atoms with van der Waals surface area (Å²) in [5.74, 6) is -1.10. The lowest BCUT2D eigenvalue weighted by Gasteiger charge is -2.16. The Bertz CT molecular complexity index is 711. The molecule has 0 spiro atoms. The molecule has 8 heteroatoms. The van der Waals surface area contributed by atoms with Crippen LogP contribution in [0, 0.1) is 0 Å². The number of aromatic nitrogens is 2. The number of H-pyrrole nitrogens is 1. The predicted molar refractivity (Wildman–Crippen MR) is 79.6 cm³/mol. The number of nitrogens with zero attached hydrogens (tertiary/aromatic N) is 1. The van der Waals surface area contributed by atoms with E-state index in [2.05, 4.69) is 14.9 Å². The van der Waals surface area contributed by atoms with Gasteiger partial charge in [0.2, 0.25) is 0 Å². The van der Waals surface area contributed by atoms with Gasteiger partial charge in [-0.3, -0.25) is 9.89 Å². The first-order chi connectivity index (χ1) is 11.0. The van der Waals surface area contributed by atoms with Crippen molar-refractivity contribution in [2.75, 3.05) is 13.7 Å². The van der Waals surface area contributed by atoms with Crippen molar-refractivity contribution in [1.29, 1.82) is 0 Å². The first-order valence-corrected chi connectivity index (χ1v) is 7.06. The van der Waals surface area contributed by atoms with Crippen LogP contribution >= 0.6 is 0 Å². The number of carbonyl (C=O) groups excluding carboxylic acids is 2. The van der Waals surface area contributed by atoms with E-state index < -0.39 is 24.1 Å². The Morgan fingerprint density at radius 2 is 2.09 bits per heavy atom. The Labute approximate surface area is 132 Å². The van der Waals surface area contributed by atoms with E-state index in [-0.39, 0.29) is 18.7 Å². The van der Waals surface area contributed by atoms with E-state index in [4.69, 9.17) is 4.74 Å². The van der Waals surface area contributed by atoms with Crippen LogP contribution in [0.25, 0.3) is 10.9 Å². The molecule has 0 saturated heterocycles. The number of carbonyl (C=O) groups is 2. The van der Waals surface area contributed by atoms with E-state index in [1.54, 1.807) is 13.0 Å². The summed E-state index contributed by atoms with van der Waals surface area (Å²) >= 11 is 0. The highest BCUT2D eigenvalue weighted by atomic mass is 16.5. The number of esters is 2. The van der Waals surface area contributed by atoms with Crippen molar-refractivity contribution in [3.05, 3.63) is 29.5 Å². The minimum Gasteiger partial charge on any atom is -0.466 e. The lowest BCUT2D eigenvalue weighted by atomic mass is 10.0. The number of aliphatic hydroxyl groups excluding tert-OH is 2. The highest BCUT2D eigenvalue weighted by Gasteiger charge is 2.25. The van der Waals surface area contributed by atoms with Crippen molar-refractivity contribution in [3.63, 3.8) is 0 Å². The molecule has 1 aromatic carbocycles. The van der Waals surface area contributed by atoms with Crippen molar-refractivity contribution >= 4 is 22.8 Å². The molecule has 2 atom stereocenters. The van der Waals surface area contributed by atoms with Crippen molar-refractivity contribution in [1.82, 2.24) is 10.2 Å². The minimum atomic E-state index is -1.34. The van der Waals surface area contributed by atoms with Crippen LogP contribution in [0.2, 0.25) is 0 Å². The molecule has 2 aromatic rings. The second-order valence-corrected chi connectivity index (χ2v) is 4.88. The van der Waals surface area contributed by atoms with Gasteiger partial charge in [0, 0.05) is 5.39 Å². The van der Waals surface area contributed by atoms with Crippen molar-refractivity contribution in [2.24, 2.45) is 0 Å². The fourth-order valence-corrected chi connectivity index (χ4v) is 2.20. The number of rotatable bonds is 6. The van der Waals surface area contributed by atoms with E-state index in [0.29, 0.717) is 16.5 Å². The largest absolute Gasteiger partial charge is 0.466 e. The maximum absolute atomic E-state index is 11.5. The summed E-state index contributed by atoms with van der Waals surface area (Å²) in [4.78, 5) is 22.9. The van der Waals surface area contributed by atoms with Crippen LogP contribution in [-0.2, 0) is 14.3 Å². The van der Waals surface area contributed by atoms with Crippen LogP contribution in [0.3, 0.4) is 0 Å². The molecule has 23 heavy (non-hydrogen) atoms. The lowest BCUT2D eigenvalue weighted by Crippen LogP contribution is -2.23. The number of ether oxygens (including phenoxy) is 2. The molecule has 0 saturated carbocycles. The number of methoxy groups -OCH3 is 1. The monoisotopic (exact) mass is 322 g/mol. The summed E-state index contributed by atoms with van der Waals surface area (Å²) in [7, 11) is 1.28. The summed E-state index contributed by atoms with van der Waals surface area (Å²) < 4.78 is 9.36. The van der Waals surface area contributed by atoms with Crippen molar-refractivity contribution < 1.29 is 29.3 Å². The fraction of sp³-hybridized carbons (Fsp3) is 0.400. The Kier molecular flexibility index (Phi) is 5.30. The first kappa shape index (κ1) is 16.9. The number of fused-ring (bicyclic) bond motifs is 1. The molecule has 0 aliphatic carbocycles. The van der Waals surface area contributed by atoms with Crippen LogP contribution < -0.4 is 0 Å². The maximum Gasteiger partial charge on any atom is 0.337 e. The molecular weight excluding hydrogens is 304 g/mol. The van der Waals surface area contributed by atoms with Gasteiger partial charge in [-0.2, -0.15) is 5.10 Å². The minimum absolute atomic E-state index is 0.199. The zero-order valence-corrected chi connectivity index (χ0v) is 12.8. The molecule has 2 unspecified atom stereocenters. The zero-order chi connectivity index (χ0) is 17.0. The molecule has 1 heterocycles. The van der Waals surface area contributed by atoms with Gasteiger partial charge in [0.1, 0.15) is 6.10 Å². The fourth-order valence-electron chi connectivity index (χ4n) is 2.20. The van der Waals surface area contributed by atoms with Gasteiger partial charge < -0.3 is 19.7 Å². The molecule has 0 radical (unpaired) electrons. The molecule has 1 aromatic heterocycles. The average molecular weight is 322 g/mol. The van der Waals surface area contributed by atoms with E-state index >= 15 is 0 Å². The summed E-state index contributed by atoms with van der Waals surface area (Å²) in [5.41, 5.74) is 1.01. The third kappa shape index (κ3) is 3.66. The summed E-state index contributed by atoms with van der Waals surface area (Å²) in [6, 6.07) is 4.62. The van der Waals surface area contributed by atoms with Crippen LogP contribution in [0.4, 0.5) is 0 Å². The SMILES string of the molecule is CCOC(=O)CC(O)C(O)c1[nH]nc2cc(C(=O)OC)ccc12. The second-order valence-electron chi connectivity index (χ2n) is 4.88. The van der Waals surface area contributed by atoms with Gasteiger partial charge in [-0.05, 0) is 25.1 Å². The second kappa shape index (κ2) is 7.21. The third-order valence-electron chi connectivity index (χ3n) is 3.35. The predicted octanol–water partition coefficient (Wildman–Crippen LogP) is 0.697. The van der Waals surface area contributed by atoms with Gasteiger partial charge in [0.15, 0.2) is 0 Å². The van der Waals surface area contributed by atoms with Crippen molar-refractivity contribution in [3.8, 4) is 0 Å². The van der Waals surface area contributed by atoms with Crippen LogP contribution in [-0.4, -0.2) is 52.2 Å². The normalized spacial score (nSPS) is 13.6. The number of aromatic amines is 1. The van der Waals surface area contributed by atoms with Crippen LogP contribution in [0.5, 0.6) is 0 Å². The Hall–Kier alpha value is -2.45. The smallest absolute Gasteiger partial charge is 0.337 e. The summed E-state index contributed by atoms with van der Waals surface area (Å²) in [6.45, 7) is 1.85. The molecular formula is C15H18N2O6. The topological polar surface area (TPSA) is 122 Å². The van der Waals surface area contributed by atoms with E-state index in [1.807, 2.05) is 0 Å². The van der Waals surface area contributed by atoms with E-state index in [9.17, 15) is 19.8 Å². The highest BCUT2D eigenvalue weighted by Crippen LogP contribution is 2.26. The van der Waals surface area contributed by atoms with E-state index in [1.165, 1.54) is 19.2 Å². The summed E-state index contributed by atoms with van der Waals surface area (Å²) in [5, 5.41) is 27.3. The molecule has 0 aliphatic heterocycles. The molecule has 124 valence electrons. The molecule has 0 aliphatic rings. The van der Waals surface area contributed by atoms with Gasteiger partial charge in [-0.25, -0.2) is 4.79 Å².